The second-order valence-electron chi connectivity index (χ2n) is 6.42. The largest absolute Gasteiger partial charge is 0.313 e. The third kappa shape index (κ3) is 2.51. The predicted octanol–water partition coefficient (Wildman–Crippen LogP) is 4.41. The van der Waals surface area contributed by atoms with Crippen LogP contribution in [0.3, 0.4) is 0 Å². The van der Waals surface area contributed by atoms with Crippen molar-refractivity contribution < 1.29 is 0 Å². The molecule has 27 heavy (non-hydrogen) atoms. The molecule has 1 aliphatic rings. The third-order valence-electron chi connectivity index (χ3n) is 4.87. The highest BCUT2D eigenvalue weighted by Gasteiger charge is 2.37. The SMILES string of the molecule is CC1=Nc2ccnn2C(c2ccc(Cl)c(Cl)c2)C1c1nc2nsnc2n1C. The lowest BCUT2D eigenvalue weighted by Gasteiger charge is -2.31. The Labute approximate surface area is 168 Å². The van der Waals surface area contributed by atoms with Crippen LogP contribution in [-0.2, 0) is 7.05 Å². The van der Waals surface area contributed by atoms with Crippen molar-refractivity contribution in [1.29, 1.82) is 0 Å². The van der Waals surface area contributed by atoms with Crippen molar-refractivity contribution in [3.05, 3.63) is 51.9 Å². The molecule has 0 saturated carbocycles. The summed E-state index contributed by atoms with van der Waals surface area (Å²) in [4.78, 5) is 9.48. The van der Waals surface area contributed by atoms with Crippen molar-refractivity contribution in [2.45, 2.75) is 18.9 Å². The first-order chi connectivity index (χ1) is 13.0. The fraction of sp³-hybridized carbons (Fsp3) is 0.235. The van der Waals surface area contributed by atoms with Gasteiger partial charge < -0.3 is 4.57 Å². The van der Waals surface area contributed by atoms with E-state index in [0.717, 1.165) is 40.3 Å². The van der Waals surface area contributed by atoms with Crippen molar-refractivity contribution in [2.75, 3.05) is 0 Å². The Morgan fingerprint density at radius 1 is 1.11 bits per heavy atom. The molecule has 0 bridgehead atoms. The van der Waals surface area contributed by atoms with Crippen LogP contribution in [0.1, 0.15) is 30.3 Å². The number of hydrogen-bond donors (Lipinski definition) is 0. The molecule has 4 aromatic rings. The molecule has 1 aliphatic heterocycles. The van der Waals surface area contributed by atoms with E-state index >= 15 is 0 Å². The van der Waals surface area contributed by atoms with E-state index in [-0.39, 0.29) is 12.0 Å². The lowest BCUT2D eigenvalue weighted by atomic mass is 9.87. The van der Waals surface area contributed by atoms with Gasteiger partial charge in [0.05, 0.1) is 39.9 Å². The highest BCUT2D eigenvalue weighted by Crippen LogP contribution is 2.42. The van der Waals surface area contributed by atoms with Crippen molar-refractivity contribution >= 4 is 57.8 Å². The van der Waals surface area contributed by atoms with Crippen LogP contribution in [0.15, 0.2) is 35.5 Å². The molecule has 0 N–H and O–H groups in total. The van der Waals surface area contributed by atoms with Gasteiger partial charge in [-0.25, -0.2) is 14.7 Å². The molecule has 4 heterocycles. The van der Waals surface area contributed by atoms with Gasteiger partial charge in [-0.05, 0) is 24.6 Å². The summed E-state index contributed by atoms with van der Waals surface area (Å²) >= 11 is 13.6. The molecule has 0 aliphatic carbocycles. The summed E-state index contributed by atoms with van der Waals surface area (Å²) in [7, 11) is 1.95. The van der Waals surface area contributed by atoms with Gasteiger partial charge in [0.1, 0.15) is 5.82 Å². The van der Waals surface area contributed by atoms with Crippen molar-refractivity contribution in [1.82, 2.24) is 28.1 Å². The van der Waals surface area contributed by atoms with E-state index in [1.807, 2.05) is 41.4 Å². The molecule has 0 saturated heterocycles. The van der Waals surface area contributed by atoms with E-state index in [1.54, 1.807) is 12.3 Å². The standard InChI is InChI=1S/C17H13Cl2N7S/c1-8-13(16-22-15-17(25(16)2)24-27-23-15)14(26-12(21-8)5-6-20-26)9-3-4-10(18)11(19)7-9/h3-7,13-14H,1-2H3. The van der Waals surface area contributed by atoms with E-state index in [0.29, 0.717) is 15.7 Å². The number of hydrogen-bond acceptors (Lipinski definition) is 6. The fourth-order valence-electron chi connectivity index (χ4n) is 3.62. The molecule has 1 aromatic carbocycles. The van der Waals surface area contributed by atoms with Gasteiger partial charge in [-0.3, -0.25) is 0 Å². The summed E-state index contributed by atoms with van der Waals surface area (Å²) in [6, 6.07) is 7.39. The summed E-state index contributed by atoms with van der Waals surface area (Å²) in [5.74, 6) is 1.50. The molecular weight excluding hydrogens is 405 g/mol. The topological polar surface area (TPSA) is 73.8 Å². The zero-order valence-corrected chi connectivity index (χ0v) is 16.7. The molecule has 10 heteroatoms. The van der Waals surface area contributed by atoms with Gasteiger partial charge in [-0.1, -0.05) is 29.3 Å². The molecule has 2 unspecified atom stereocenters. The number of aryl methyl sites for hydroxylation is 1. The van der Waals surface area contributed by atoms with E-state index < -0.39 is 0 Å². The van der Waals surface area contributed by atoms with E-state index in [4.69, 9.17) is 33.2 Å². The van der Waals surface area contributed by atoms with E-state index in [9.17, 15) is 0 Å². The number of imidazole rings is 1. The molecule has 3 aromatic heterocycles. The molecule has 0 spiro atoms. The highest BCUT2D eigenvalue weighted by atomic mass is 35.5. The second kappa shape index (κ2) is 6.12. The molecule has 0 radical (unpaired) electrons. The third-order valence-corrected chi connectivity index (χ3v) is 6.12. The zero-order chi connectivity index (χ0) is 18.7. The number of aromatic nitrogens is 6. The number of halogens is 2. The van der Waals surface area contributed by atoms with Gasteiger partial charge in [-0.2, -0.15) is 13.8 Å². The van der Waals surface area contributed by atoms with Gasteiger partial charge in [-0.15, -0.1) is 0 Å². The van der Waals surface area contributed by atoms with Crippen molar-refractivity contribution in [3.8, 4) is 0 Å². The van der Waals surface area contributed by atoms with Gasteiger partial charge in [0.2, 0.25) is 5.65 Å². The van der Waals surface area contributed by atoms with Crippen LogP contribution >= 0.6 is 34.9 Å². The maximum Gasteiger partial charge on any atom is 0.212 e. The normalized spacial score (nSPS) is 19.3. The zero-order valence-electron chi connectivity index (χ0n) is 14.3. The second-order valence-corrected chi connectivity index (χ2v) is 7.77. The minimum atomic E-state index is -0.156. The molecule has 5 rings (SSSR count). The molecule has 136 valence electrons. The Hall–Kier alpha value is -2.29. The molecule has 7 nitrogen and oxygen atoms in total. The first kappa shape index (κ1) is 16.9. The van der Waals surface area contributed by atoms with Crippen LogP contribution < -0.4 is 0 Å². The lowest BCUT2D eigenvalue weighted by molar-refractivity contribution is 0.470. The first-order valence-corrected chi connectivity index (χ1v) is 9.71. The molecule has 0 amide bonds. The minimum absolute atomic E-state index is 0.138. The Bertz CT molecular complexity index is 1210. The minimum Gasteiger partial charge on any atom is -0.313 e. The summed E-state index contributed by atoms with van der Waals surface area (Å²) < 4.78 is 12.5. The smallest absolute Gasteiger partial charge is 0.212 e. The van der Waals surface area contributed by atoms with Gasteiger partial charge in [0.15, 0.2) is 11.5 Å². The number of rotatable bonds is 2. The van der Waals surface area contributed by atoms with Crippen LogP contribution in [0.25, 0.3) is 11.3 Å². The van der Waals surface area contributed by atoms with Crippen LogP contribution in [-0.4, -0.2) is 33.8 Å². The monoisotopic (exact) mass is 417 g/mol. The molecule has 0 fully saturated rings. The van der Waals surface area contributed by atoms with Crippen LogP contribution in [0.4, 0.5) is 5.82 Å². The number of aliphatic imine (C=N–C) groups is 1. The lowest BCUT2D eigenvalue weighted by Crippen LogP contribution is -2.30. The molecule has 2 atom stereocenters. The first-order valence-electron chi connectivity index (χ1n) is 8.23. The summed E-state index contributed by atoms with van der Waals surface area (Å²) in [6.45, 7) is 2.01. The molecular formula is C17H13Cl2N7S. The van der Waals surface area contributed by atoms with Crippen molar-refractivity contribution in [2.24, 2.45) is 12.0 Å². The Morgan fingerprint density at radius 2 is 1.96 bits per heavy atom. The maximum atomic E-state index is 6.31. The fourth-order valence-corrected chi connectivity index (χ4v) is 4.45. The van der Waals surface area contributed by atoms with E-state index in [1.165, 1.54) is 0 Å². The highest BCUT2D eigenvalue weighted by molar-refractivity contribution is 7.00. The van der Waals surface area contributed by atoms with Gasteiger partial charge >= 0.3 is 0 Å². The van der Waals surface area contributed by atoms with Gasteiger partial charge in [0, 0.05) is 18.8 Å². The van der Waals surface area contributed by atoms with Gasteiger partial charge in [0.25, 0.3) is 0 Å². The van der Waals surface area contributed by atoms with E-state index in [2.05, 4.69) is 13.8 Å². The van der Waals surface area contributed by atoms with Crippen LogP contribution in [0, 0.1) is 0 Å². The van der Waals surface area contributed by atoms with Crippen molar-refractivity contribution in [3.63, 3.8) is 0 Å². The summed E-state index contributed by atoms with van der Waals surface area (Å²) in [6.07, 6.45) is 1.75. The summed E-state index contributed by atoms with van der Waals surface area (Å²) in [5, 5.41) is 5.54. The quantitative estimate of drug-likeness (QED) is 0.484. The maximum absolute atomic E-state index is 6.31. The average molecular weight is 418 g/mol. The Balaban J connectivity index is 1.75. The van der Waals surface area contributed by atoms with Crippen LogP contribution in [0.5, 0.6) is 0 Å². The summed E-state index contributed by atoms with van der Waals surface area (Å²) in [5.41, 5.74) is 3.34. The number of benzene rings is 1. The van der Waals surface area contributed by atoms with Crippen LogP contribution in [0.2, 0.25) is 10.0 Å². The Morgan fingerprint density at radius 3 is 2.74 bits per heavy atom. The number of fused-ring (bicyclic) bond motifs is 2. The average Bonchev–Trinajstić information content (AvgIpc) is 3.34. The predicted molar refractivity (Wildman–Crippen MR) is 107 cm³/mol. The Kier molecular flexibility index (Phi) is 3.82. The number of nitrogens with zero attached hydrogens (tertiary/aromatic N) is 7.